The van der Waals surface area contributed by atoms with Gasteiger partial charge in [-0.2, -0.15) is 0 Å². The van der Waals surface area contributed by atoms with Crippen LogP contribution in [0.5, 0.6) is 0 Å². The van der Waals surface area contributed by atoms with Crippen LogP contribution in [0.3, 0.4) is 0 Å². The van der Waals surface area contributed by atoms with Gasteiger partial charge < -0.3 is 15.0 Å². The van der Waals surface area contributed by atoms with Gasteiger partial charge in [0.25, 0.3) is 0 Å². The van der Waals surface area contributed by atoms with Crippen LogP contribution in [0, 0.1) is 0 Å². The first-order valence-corrected chi connectivity index (χ1v) is 10.1. The van der Waals surface area contributed by atoms with Crippen LogP contribution in [0.15, 0.2) is 42.5 Å². The quantitative estimate of drug-likeness (QED) is 0.696. The number of benzene rings is 2. The predicted molar refractivity (Wildman–Crippen MR) is 111 cm³/mol. The number of carbonyl (C=O) groups is 3. The molecule has 2 aromatic carbocycles. The lowest BCUT2D eigenvalue weighted by molar-refractivity contribution is -0.148. The van der Waals surface area contributed by atoms with Crippen molar-refractivity contribution in [2.75, 3.05) is 20.2 Å². The van der Waals surface area contributed by atoms with Crippen LogP contribution in [0.25, 0.3) is 10.8 Å². The zero-order chi connectivity index (χ0) is 20.9. The van der Waals surface area contributed by atoms with E-state index in [1.165, 1.54) is 10.3 Å². The van der Waals surface area contributed by atoms with Crippen LogP contribution >= 0.6 is 0 Å². The molecule has 0 bridgehead atoms. The van der Waals surface area contributed by atoms with Gasteiger partial charge in [-0.1, -0.05) is 42.5 Å². The lowest BCUT2D eigenvalue weighted by Crippen LogP contribution is -2.45. The Hall–Kier alpha value is -2.89. The van der Waals surface area contributed by atoms with E-state index in [4.69, 9.17) is 4.74 Å². The predicted octanol–water partition coefficient (Wildman–Crippen LogP) is 2.83. The minimum atomic E-state index is -0.431. The molecule has 1 atom stereocenters. The fourth-order valence-corrected chi connectivity index (χ4v) is 3.95. The fourth-order valence-electron chi connectivity index (χ4n) is 3.95. The Morgan fingerprint density at radius 1 is 1.17 bits per heavy atom. The highest BCUT2D eigenvalue weighted by Gasteiger charge is 2.38. The highest BCUT2D eigenvalue weighted by Crippen LogP contribution is 2.30. The summed E-state index contributed by atoms with van der Waals surface area (Å²) in [6, 6.07) is 14.5. The molecule has 1 saturated heterocycles. The number of esters is 1. The van der Waals surface area contributed by atoms with E-state index in [0.717, 1.165) is 10.9 Å². The number of nitrogens with zero attached hydrogens (tertiary/aromatic N) is 1. The van der Waals surface area contributed by atoms with Gasteiger partial charge in [0.05, 0.1) is 6.61 Å². The SMILES string of the molecule is CCOC(=O)CN(C)C(=O)CC[C@]1(Cc2ccc3ccccc3c2)CCC(=O)N1. The summed E-state index contributed by atoms with van der Waals surface area (Å²) in [5, 5.41) is 5.46. The Labute approximate surface area is 171 Å². The summed E-state index contributed by atoms with van der Waals surface area (Å²) in [6.07, 6.45) is 2.66. The Balaban J connectivity index is 1.67. The molecule has 1 aliphatic heterocycles. The van der Waals surface area contributed by atoms with Crippen molar-refractivity contribution in [3.8, 4) is 0 Å². The van der Waals surface area contributed by atoms with Crippen LogP contribution in [0.1, 0.15) is 38.2 Å². The Morgan fingerprint density at radius 2 is 1.93 bits per heavy atom. The van der Waals surface area contributed by atoms with Gasteiger partial charge in [0.2, 0.25) is 11.8 Å². The lowest BCUT2D eigenvalue weighted by Gasteiger charge is -2.30. The van der Waals surface area contributed by atoms with Gasteiger partial charge in [-0.3, -0.25) is 14.4 Å². The second-order valence-electron chi connectivity index (χ2n) is 7.74. The third kappa shape index (κ3) is 5.34. The third-order valence-corrected chi connectivity index (χ3v) is 5.51. The highest BCUT2D eigenvalue weighted by atomic mass is 16.5. The van der Waals surface area contributed by atoms with Gasteiger partial charge in [-0.15, -0.1) is 0 Å². The smallest absolute Gasteiger partial charge is 0.325 e. The maximum Gasteiger partial charge on any atom is 0.325 e. The van der Waals surface area contributed by atoms with E-state index in [-0.39, 0.29) is 24.8 Å². The molecule has 0 aliphatic carbocycles. The number of likely N-dealkylation sites (N-methyl/N-ethyl adjacent to an activating group) is 1. The van der Waals surface area contributed by atoms with Crippen molar-refractivity contribution in [1.29, 1.82) is 0 Å². The minimum absolute atomic E-state index is 0.0260. The van der Waals surface area contributed by atoms with Gasteiger partial charge in [-0.05, 0) is 42.5 Å². The molecule has 0 radical (unpaired) electrons. The number of amides is 2. The maximum atomic E-state index is 12.5. The third-order valence-electron chi connectivity index (χ3n) is 5.51. The standard InChI is InChI=1S/C23H28N2O4/c1-3-29-22(28)16-25(2)21(27)11-13-23(12-10-20(26)24-23)15-17-8-9-18-6-4-5-7-19(18)14-17/h4-9,14H,3,10-13,15-16H2,1-2H3,(H,24,26)/t23-/m0/s1. The Kier molecular flexibility index (Phi) is 6.52. The van der Waals surface area contributed by atoms with Gasteiger partial charge in [-0.25, -0.2) is 0 Å². The summed E-state index contributed by atoms with van der Waals surface area (Å²) >= 11 is 0. The molecule has 6 nitrogen and oxygen atoms in total. The molecule has 2 aromatic rings. The van der Waals surface area contributed by atoms with Crippen LogP contribution in [-0.4, -0.2) is 48.4 Å². The molecule has 6 heteroatoms. The molecular weight excluding hydrogens is 368 g/mol. The molecule has 1 N–H and O–H groups in total. The van der Waals surface area contributed by atoms with Crippen molar-refractivity contribution >= 4 is 28.6 Å². The van der Waals surface area contributed by atoms with E-state index < -0.39 is 11.5 Å². The zero-order valence-electron chi connectivity index (χ0n) is 17.1. The second-order valence-corrected chi connectivity index (χ2v) is 7.74. The van der Waals surface area contributed by atoms with E-state index in [9.17, 15) is 14.4 Å². The van der Waals surface area contributed by atoms with Crippen molar-refractivity contribution in [2.45, 2.75) is 44.6 Å². The van der Waals surface area contributed by atoms with Crippen molar-refractivity contribution in [3.05, 3.63) is 48.0 Å². The first-order chi connectivity index (χ1) is 13.9. The lowest BCUT2D eigenvalue weighted by atomic mass is 9.84. The van der Waals surface area contributed by atoms with Gasteiger partial charge >= 0.3 is 5.97 Å². The molecule has 1 aliphatic rings. The van der Waals surface area contributed by atoms with Gasteiger partial charge in [0.1, 0.15) is 6.54 Å². The van der Waals surface area contributed by atoms with Crippen LogP contribution in [-0.2, 0) is 25.5 Å². The first-order valence-electron chi connectivity index (χ1n) is 10.1. The van der Waals surface area contributed by atoms with Crippen LogP contribution in [0.2, 0.25) is 0 Å². The van der Waals surface area contributed by atoms with Crippen molar-refractivity contribution in [2.24, 2.45) is 0 Å². The molecule has 29 heavy (non-hydrogen) atoms. The number of hydrogen-bond acceptors (Lipinski definition) is 4. The number of rotatable bonds is 8. The Morgan fingerprint density at radius 3 is 2.62 bits per heavy atom. The number of hydrogen-bond donors (Lipinski definition) is 1. The molecule has 1 heterocycles. The average Bonchev–Trinajstić information content (AvgIpc) is 3.06. The van der Waals surface area contributed by atoms with E-state index in [2.05, 4.69) is 35.6 Å². The summed E-state index contributed by atoms with van der Waals surface area (Å²) in [6.45, 7) is 1.97. The minimum Gasteiger partial charge on any atom is -0.465 e. The maximum absolute atomic E-state index is 12.5. The van der Waals surface area contributed by atoms with Crippen molar-refractivity contribution in [1.82, 2.24) is 10.2 Å². The molecule has 0 saturated carbocycles. The first kappa shape index (κ1) is 20.8. The summed E-state index contributed by atoms with van der Waals surface area (Å²) in [7, 11) is 1.60. The summed E-state index contributed by atoms with van der Waals surface area (Å²) in [5.74, 6) is -0.515. The number of fused-ring (bicyclic) bond motifs is 1. The van der Waals surface area contributed by atoms with Gasteiger partial charge in [0, 0.05) is 25.4 Å². The molecule has 1 fully saturated rings. The van der Waals surface area contributed by atoms with Crippen LogP contribution < -0.4 is 5.32 Å². The van der Waals surface area contributed by atoms with E-state index in [0.29, 0.717) is 32.3 Å². The molecule has 154 valence electrons. The monoisotopic (exact) mass is 396 g/mol. The molecule has 0 unspecified atom stereocenters. The normalized spacial score (nSPS) is 18.5. The summed E-state index contributed by atoms with van der Waals surface area (Å²) in [5.41, 5.74) is 0.707. The average molecular weight is 396 g/mol. The molecule has 0 aromatic heterocycles. The Bertz CT molecular complexity index is 911. The number of carbonyl (C=O) groups excluding carboxylic acids is 3. The number of ether oxygens (including phenoxy) is 1. The van der Waals surface area contributed by atoms with Crippen molar-refractivity contribution in [3.63, 3.8) is 0 Å². The van der Waals surface area contributed by atoms with Crippen LogP contribution in [0.4, 0.5) is 0 Å². The van der Waals surface area contributed by atoms with E-state index in [1.54, 1.807) is 14.0 Å². The molecule has 2 amide bonds. The second kappa shape index (κ2) is 9.07. The summed E-state index contributed by atoms with van der Waals surface area (Å²) in [4.78, 5) is 37.5. The van der Waals surface area contributed by atoms with Gasteiger partial charge in [0.15, 0.2) is 0 Å². The van der Waals surface area contributed by atoms with E-state index >= 15 is 0 Å². The molecule has 0 spiro atoms. The largest absolute Gasteiger partial charge is 0.465 e. The fraction of sp³-hybridized carbons (Fsp3) is 0.435. The summed E-state index contributed by atoms with van der Waals surface area (Å²) < 4.78 is 4.90. The molecule has 3 rings (SSSR count). The topological polar surface area (TPSA) is 75.7 Å². The number of nitrogens with one attached hydrogen (secondary N) is 1. The highest BCUT2D eigenvalue weighted by molar-refractivity contribution is 5.84. The molecular formula is C23H28N2O4. The van der Waals surface area contributed by atoms with E-state index in [1.807, 2.05) is 12.1 Å². The zero-order valence-corrected chi connectivity index (χ0v) is 17.1. The van der Waals surface area contributed by atoms with Crippen molar-refractivity contribution < 1.29 is 19.1 Å².